The van der Waals surface area contributed by atoms with Crippen molar-refractivity contribution in [1.82, 2.24) is 5.32 Å². The standard InChI is InChI=1S/C17H17F3N6/c18-9-4-5-13(21)14(6-9)25-16-24-8-15(22)17(23,26-16)7-10-11(19)2-1-3-12(10)20/h1-6,8H,7,21-23H2,(H2,24,25,26). The highest BCUT2D eigenvalue weighted by Crippen LogP contribution is 2.25. The average Bonchev–Trinajstić information content (AvgIpc) is 2.58. The van der Waals surface area contributed by atoms with Crippen LogP contribution in [-0.4, -0.2) is 11.6 Å². The molecule has 1 aliphatic heterocycles. The largest absolute Gasteiger partial charge is 0.398 e. The number of nitrogens with two attached hydrogens (primary N) is 3. The van der Waals surface area contributed by atoms with Crippen LogP contribution < -0.4 is 27.8 Å². The van der Waals surface area contributed by atoms with Gasteiger partial charge in [-0.3, -0.25) is 0 Å². The number of hydrogen-bond acceptors (Lipinski definition) is 6. The minimum Gasteiger partial charge on any atom is -0.398 e. The summed E-state index contributed by atoms with van der Waals surface area (Å²) in [5.41, 5.74) is 16.6. The molecule has 0 bridgehead atoms. The van der Waals surface area contributed by atoms with E-state index in [1.807, 2.05) is 0 Å². The zero-order valence-corrected chi connectivity index (χ0v) is 13.6. The quantitative estimate of drug-likeness (QED) is 0.534. The fourth-order valence-corrected chi connectivity index (χ4v) is 2.51. The molecular formula is C17H17F3N6. The van der Waals surface area contributed by atoms with E-state index in [-0.39, 0.29) is 35.0 Å². The number of aliphatic imine (C=N–C) groups is 1. The molecule has 1 unspecified atom stereocenters. The zero-order chi connectivity index (χ0) is 18.9. The van der Waals surface area contributed by atoms with E-state index in [1.54, 1.807) is 0 Å². The number of guanidine groups is 1. The first kappa shape index (κ1) is 17.6. The number of nitrogen functional groups attached to an aromatic ring is 1. The van der Waals surface area contributed by atoms with Gasteiger partial charge in [-0.05, 0) is 30.3 Å². The van der Waals surface area contributed by atoms with Gasteiger partial charge >= 0.3 is 0 Å². The van der Waals surface area contributed by atoms with Crippen molar-refractivity contribution in [2.24, 2.45) is 16.5 Å². The lowest BCUT2D eigenvalue weighted by atomic mass is 9.96. The molecule has 9 heteroatoms. The van der Waals surface area contributed by atoms with E-state index in [0.717, 1.165) is 12.1 Å². The smallest absolute Gasteiger partial charge is 0.202 e. The molecule has 8 N–H and O–H groups in total. The van der Waals surface area contributed by atoms with E-state index in [2.05, 4.69) is 15.6 Å². The van der Waals surface area contributed by atoms with Crippen molar-refractivity contribution in [3.8, 4) is 0 Å². The molecule has 6 nitrogen and oxygen atoms in total. The third-order valence-corrected chi connectivity index (χ3v) is 3.95. The first-order valence-corrected chi connectivity index (χ1v) is 7.65. The summed E-state index contributed by atoms with van der Waals surface area (Å²) in [6, 6.07) is 7.27. The van der Waals surface area contributed by atoms with Gasteiger partial charge in [0.1, 0.15) is 17.5 Å². The van der Waals surface area contributed by atoms with Crippen LogP contribution in [0.5, 0.6) is 0 Å². The number of halogens is 3. The van der Waals surface area contributed by atoms with Crippen molar-refractivity contribution < 1.29 is 13.2 Å². The Morgan fingerprint density at radius 2 is 1.77 bits per heavy atom. The van der Waals surface area contributed by atoms with Gasteiger partial charge < -0.3 is 27.8 Å². The summed E-state index contributed by atoms with van der Waals surface area (Å²) in [6.07, 6.45) is 1.04. The van der Waals surface area contributed by atoms with Crippen molar-refractivity contribution in [2.45, 2.75) is 12.1 Å². The molecule has 0 radical (unpaired) electrons. The average molecular weight is 362 g/mol. The lowest BCUT2D eigenvalue weighted by molar-refractivity contribution is 0.466. The van der Waals surface area contributed by atoms with Crippen molar-refractivity contribution in [1.29, 1.82) is 0 Å². The molecule has 1 atom stereocenters. The summed E-state index contributed by atoms with van der Waals surface area (Å²) in [7, 11) is 0. The lowest BCUT2D eigenvalue weighted by Gasteiger charge is -2.31. The zero-order valence-electron chi connectivity index (χ0n) is 13.6. The number of nitrogens with one attached hydrogen (secondary N) is 2. The van der Waals surface area contributed by atoms with E-state index in [0.29, 0.717) is 0 Å². The summed E-state index contributed by atoms with van der Waals surface area (Å²) in [5, 5.41) is 5.53. The maximum atomic E-state index is 14.0. The van der Waals surface area contributed by atoms with Crippen LogP contribution in [0.25, 0.3) is 0 Å². The van der Waals surface area contributed by atoms with Gasteiger partial charge in [-0.25, -0.2) is 18.2 Å². The van der Waals surface area contributed by atoms with Crippen LogP contribution in [-0.2, 0) is 6.42 Å². The SMILES string of the molecule is NC1=CNC(Nc2cc(F)ccc2N)=NC1(N)Cc1c(F)cccc1F. The molecule has 0 amide bonds. The van der Waals surface area contributed by atoms with Crippen molar-refractivity contribution in [2.75, 3.05) is 11.1 Å². The van der Waals surface area contributed by atoms with Gasteiger partial charge in [0.25, 0.3) is 0 Å². The minimum atomic E-state index is -1.60. The van der Waals surface area contributed by atoms with Crippen LogP contribution in [0.2, 0.25) is 0 Å². The summed E-state index contributed by atoms with van der Waals surface area (Å²) in [6.45, 7) is 0. The van der Waals surface area contributed by atoms with Gasteiger partial charge in [-0.2, -0.15) is 0 Å². The van der Waals surface area contributed by atoms with Crippen LogP contribution >= 0.6 is 0 Å². The van der Waals surface area contributed by atoms with Crippen LogP contribution in [0, 0.1) is 17.5 Å². The summed E-state index contributed by atoms with van der Waals surface area (Å²) in [4.78, 5) is 4.21. The van der Waals surface area contributed by atoms with Crippen molar-refractivity contribution in [3.05, 3.63) is 71.3 Å². The normalized spacial score (nSPS) is 19.4. The molecular weight excluding hydrogens is 345 g/mol. The predicted molar refractivity (Wildman–Crippen MR) is 94.3 cm³/mol. The van der Waals surface area contributed by atoms with E-state index in [1.165, 1.54) is 30.5 Å². The molecule has 0 aromatic heterocycles. The topological polar surface area (TPSA) is 114 Å². The Morgan fingerprint density at radius 3 is 2.46 bits per heavy atom. The molecule has 0 spiro atoms. The maximum absolute atomic E-state index is 14.0. The molecule has 0 fully saturated rings. The Kier molecular flexibility index (Phi) is 4.47. The monoisotopic (exact) mass is 362 g/mol. The van der Waals surface area contributed by atoms with Gasteiger partial charge in [0.2, 0.25) is 5.96 Å². The number of nitrogens with zero attached hydrogens (tertiary/aromatic N) is 1. The van der Waals surface area contributed by atoms with Crippen LogP contribution in [0.1, 0.15) is 5.56 Å². The highest BCUT2D eigenvalue weighted by atomic mass is 19.1. The van der Waals surface area contributed by atoms with Crippen molar-refractivity contribution in [3.63, 3.8) is 0 Å². The molecule has 0 aliphatic carbocycles. The van der Waals surface area contributed by atoms with Gasteiger partial charge in [-0.1, -0.05) is 6.07 Å². The third-order valence-electron chi connectivity index (χ3n) is 3.95. The van der Waals surface area contributed by atoms with Crippen LogP contribution in [0.3, 0.4) is 0 Å². The van der Waals surface area contributed by atoms with Crippen LogP contribution in [0.15, 0.2) is 53.3 Å². The second-order valence-electron chi connectivity index (χ2n) is 5.86. The maximum Gasteiger partial charge on any atom is 0.202 e. The third kappa shape index (κ3) is 3.42. The molecule has 2 aromatic carbocycles. The molecule has 1 aliphatic rings. The first-order valence-electron chi connectivity index (χ1n) is 7.65. The van der Waals surface area contributed by atoms with E-state index < -0.39 is 23.1 Å². The minimum absolute atomic E-state index is 0.0814. The van der Waals surface area contributed by atoms with Crippen LogP contribution in [0.4, 0.5) is 24.5 Å². The van der Waals surface area contributed by atoms with E-state index in [4.69, 9.17) is 17.2 Å². The highest BCUT2D eigenvalue weighted by molar-refractivity contribution is 5.97. The second kappa shape index (κ2) is 6.60. The Morgan fingerprint density at radius 1 is 1.08 bits per heavy atom. The number of rotatable bonds is 3. The van der Waals surface area contributed by atoms with Gasteiger partial charge in [0.15, 0.2) is 5.66 Å². The molecule has 136 valence electrons. The second-order valence-corrected chi connectivity index (χ2v) is 5.86. The molecule has 0 saturated heterocycles. The molecule has 0 saturated carbocycles. The summed E-state index contributed by atoms with van der Waals surface area (Å²) in [5.74, 6) is -1.89. The molecule has 1 heterocycles. The van der Waals surface area contributed by atoms with E-state index >= 15 is 0 Å². The van der Waals surface area contributed by atoms with Gasteiger partial charge in [0.05, 0.1) is 17.1 Å². The Balaban J connectivity index is 1.91. The van der Waals surface area contributed by atoms with Gasteiger partial charge in [0, 0.05) is 18.2 Å². The Labute approximate surface area is 147 Å². The number of hydrogen-bond donors (Lipinski definition) is 5. The first-order chi connectivity index (χ1) is 12.3. The predicted octanol–water partition coefficient (Wildman–Crippen LogP) is 1.75. The van der Waals surface area contributed by atoms with E-state index in [9.17, 15) is 13.2 Å². The molecule has 26 heavy (non-hydrogen) atoms. The number of anilines is 2. The Hall–Kier alpha value is -3.20. The van der Waals surface area contributed by atoms with Gasteiger partial charge in [-0.15, -0.1) is 0 Å². The summed E-state index contributed by atoms with van der Waals surface area (Å²) < 4.78 is 41.3. The number of benzene rings is 2. The highest BCUT2D eigenvalue weighted by Gasteiger charge is 2.33. The molecule has 3 rings (SSSR count). The Bertz CT molecular complexity index is 891. The lowest BCUT2D eigenvalue weighted by Crippen LogP contribution is -2.51. The summed E-state index contributed by atoms with van der Waals surface area (Å²) >= 11 is 0. The fraction of sp³-hybridized carbons (Fsp3) is 0.118. The fourth-order valence-electron chi connectivity index (χ4n) is 2.51. The van der Waals surface area contributed by atoms with Crippen molar-refractivity contribution >= 4 is 17.3 Å². The molecule has 2 aromatic rings.